The number of methoxy groups -OCH3 is 1. The third-order valence-electron chi connectivity index (χ3n) is 2.88. The normalized spacial score (nSPS) is 10.5. The highest BCUT2D eigenvalue weighted by molar-refractivity contribution is 5.96. The number of hydrogen-bond donors (Lipinski definition) is 1. The standard InChI is InChI=1S/C14H14O3/c1-3-11-12-6-4-10(14(16)17-2)8-9(12)5-7-13(11)15/h4-8,15H,3H2,1-2H3. The van der Waals surface area contributed by atoms with E-state index < -0.39 is 0 Å². The van der Waals surface area contributed by atoms with Crippen LogP contribution in [0.25, 0.3) is 10.8 Å². The van der Waals surface area contributed by atoms with Crippen LogP contribution >= 0.6 is 0 Å². The molecule has 0 bridgehead atoms. The van der Waals surface area contributed by atoms with Gasteiger partial charge >= 0.3 is 5.97 Å². The molecule has 0 amide bonds. The number of carbonyl (C=O) groups excluding carboxylic acids is 1. The van der Waals surface area contributed by atoms with E-state index in [2.05, 4.69) is 4.74 Å². The van der Waals surface area contributed by atoms with Crippen molar-refractivity contribution in [3.05, 3.63) is 41.5 Å². The van der Waals surface area contributed by atoms with Crippen molar-refractivity contribution in [1.29, 1.82) is 0 Å². The predicted molar refractivity (Wildman–Crippen MR) is 66.3 cm³/mol. The number of benzene rings is 2. The molecule has 0 aliphatic heterocycles. The van der Waals surface area contributed by atoms with Gasteiger partial charge in [0.2, 0.25) is 0 Å². The van der Waals surface area contributed by atoms with Crippen molar-refractivity contribution in [2.45, 2.75) is 13.3 Å². The molecule has 0 fully saturated rings. The Balaban J connectivity index is 2.65. The van der Waals surface area contributed by atoms with Gasteiger partial charge in [-0.1, -0.05) is 19.1 Å². The summed E-state index contributed by atoms with van der Waals surface area (Å²) in [6, 6.07) is 8.80. The molecule has 0 aromatic heterocycles. The lowest BCUT2D eigenvalue weighted by Crippen LogP contribution is -2.00. The van der Waals surface area contributed by atoms with Crippen molar-refractivity contribution in [3.8, 4) is 5.75 Å². The average molecular weight is 230 g/mol. The first-order chi connectivity index (χ1) is 8.17. The fourth-order valence-corrected chi connectivity index (χ4v) is 2.00. The van der Waals surface area contributed by atoms with E-state index in [4.69, 9.17) is 0 Å². The lowest BCUT2D eigenvalue weighted by Gasteiger charge is -2.08. The Labute approximate surface area is 99.6 Å². The quantitative estimate of drug-likeness (QED) is 0.807. The number of fused-ring (bicyclic) bond motifs is 1. The molecular weight excluding hydrogens is 216 g/mol. The lowest BCUT2D eigenvalue weighted by molar-refractivity contribution is 0.0601. The Morgan fingerprint density at radius 2 is 2.06 bits per heavy atom. The predicted octanol–water partition coefficient (Wildman–Crippen LogP) is 2.89. The lowest BCUT2D eigenvalue weighted by atomic mass is 10.00. The topological polar surface area (TPSA) is 46.5 Å². The number of aryl methyl sites for hydroxylation is 1. The third-order valence-corrected chi connectivity index (χ3v) is 2.88. The summed E-state index contributed by atoms with van der Waals surface area (Å²) in [6.07, 6.45) is 0.751. The van der Waals surface area contributed by atoms with Crippen molar-refractivity contribution in [2.24, 2.45) is 0 Å². The summed E-state index contributed by atoms with van der Waals surface area (Å²) in [5.74, 6) is -0.0520. The largest absolute Gasteiger partial charge is 0.508 e. The van der Waals surface area contributed by atoms with Crippen LogP contribution in [0, 0.1) is 0 Å². The van der Waals surface area contributed by atoms with Crippen LogP contribution in [0.15, 0.2) is 30.3 Å². The van der Waals surface area contributed by atoms with Crippen molar-refractivity contribution >= 4 is 16.7 Å². The molecule has 0 unspecified atom stereocenters. The van der Waals surface area contributed by atoms with E-state index in [1.165, 1.54) is 7.11 Å². The first-order valence-electron chi connectivity index (χ1n) is 5.50. The fraction of sp³-hybridized carbons (Fsp3) is 0.214. The van der Waals surface area contributed by atoms with E-state index in [1.54, 1.807) is 24.3 Å². The van der Waals surface area contributed by atoms with E-state index in [1.807, 2.05) is 13.0 Å². The molecule has 0 saturated carbocycles. The van der Waals surface area contributed by atoms with Crippen molar-refractivity contribution in [1.82, 2.24) is 0 Å². The van der Waals surface area contributed by atoms with Crippen LogP contribution in [0.4, 0.5) is 0 Å². The first-order valence-corrected chi connectivity index (χ1v) is 5.50. The molecule has 0 radical (unpaired) electrons. The molecule has 2 aromatic rings. The number of ether oxygens (including phenoxy) is 1. The molecule has 2 rings (SSSR count). The summed E-state index contributed by atoms with van der Waals surface area (Å²) < 4.78 is 4.68. The summed E-state index contributed by atoms with van der Waals surface area (Å²) in [6.45, 7) is 1.99. The molecule has 1 N–H and O–H groups in total. The minimum atomic E-state index is -0.349. The molecule has 17 heavy (non-hydrogen) atoms. The second-order valence-electron chi connectivity index (χ2n) is 3.84. The van der Waals surface area contributed by atoms with Crippen molar-refractivity contribution in [2.75, 3.05) is 7.11 Å². The van der Waals surface area contributed by atoms with Gasteiger partial charge in [-0.2, -0.15) is 0 Å². The van der Waals surface area contributed by atoms with Crippen LogP contribution in [-0.4, -0.2) is 18.2 Å². The Hall–Kier alpha value is -2.03. The summed E-state index contributed by atoms with van der Waals surface area (Å²) in [4.78, 5) is 11.4. The molecule has 3 heteroatoms. The molecule has 2 aromatic carbocycles. The Kier molecular flexibility index (Phi) is 3.00. The summed E-state index contributed by atoms with van der Waals surface area (Å²) in [5.41, 5.74) is 1.42. The molecule has 0 heterocycles. The monoisotopic (exact) mass is 230 g/mol. The second kappa shape index (κ2) is 4.45. The second-order valence-corrected chi connectivity index (χ2v) is 3.84. The van der Waals surface area contributed by atoms with Crippen LogP contribution in [0.2, 0.25) is 0 Å². The number of carbonyl (C=O) groups is 1. The van der Waals surface area contributed by atoms with Gasteiger partial charge in [-0.15, -0.1) is 0 Å². The first kappa shape index (κ1) is 11.5. The SMILES string of the molecule is CCc1c(O)ccc2cc(C(=O)OC)ccc12. The zero-order chi connectivity index (χ0) is 12.4. The Bertz CT molecular complexity index is 573. The van der Waals surface area contributed by atoms with Gasteiger partial charge < -0.3 is 9.84 Å². The highest BCUT2D eigenvalue weighted by Crippen LogP contribution is 2.28. The maximum Gasteiger partial charge on any atom is 0.337 e. The van der Waals surface area contributed by atoms with Gasteiger partial charge in [0.15, 0.2) is 0 Å². The zero-order valence-electron chi connectivity index (χ0n) is 9.86. The van der Waals surface area contributed by atoms with Crippen molar-refractivity contribution < 1.29 is 14.6 Å². The number of phenolic OH excluding ortho intramolecular Hbond substituents is 1. The van der Waals surface area contributed by atoms with E-state index in [0.717, 1.165) is 22.8 Å². The van der Waals surface area contributed by atoms with Crippen LogP contribution in [0.3, 0.4) is 0 Å². The zero-order valence-corrected chi connectivity index (χ0v) is 9.86. The molecular formula is C14H14O3. The molecule has 0 spiro atoms. The average Bonchev–Trinajstić information content (AvgIpc) is 2.37. The maximum atomic E-state index is 11.4. The number of esters is 1. The molecule has 0 saturated heterocycles. The number of phenols is 1. The number of hydrogen-bond acceptors (Lipinski definition) is 3. The summed E-state index contributed by atoms with van der Waals surface area (Å²) in [5, 5.41) is 11.6. The van der Waals surface area contributed by atoms with E-state index in [-0.39, 0.29) is 5.97 Å². The van der Waals surface area contributed by atoms with Gasteiger partial charge in [-0.25, -0.2) is 4.79 Å². The fourth-order valence-electron chi connectivity index (χ4n) is 2.00. The molecule has 0 aliphatic rings. The van der Waals surface area contributed by atoms with Gasteiger partial charge in [0.05, 0.1) is 12.7 Å². The number of rotatable bonds is 2. The van der Waals surface area contributed by atoms with Gasteiger partial charge in [-0.3, -0.25) is 0 Å². The highest BCUT2D eigenvalue weighted by Gasteiger charge is 2.09. The number of aromatic hydroxyl groups is 1. The van der Waals surface area contributed by atoms with E-state index in [9.17, 15) is 9.90 Å². The van der Waals surface area contributed by atoms with Crippen LogP contribution in [0.1, 0.15) is 22.8 Å². The smallest absolute Gasteiger partial charge is 0.337 e. The van der Waals surface area contributed by atoms with Crippen LogP contribution in [0.5, 0.6) is 5.75 Å². The van der Waals surface area contributed by atoms with Crippen LogP contribution < -0.4 is 0 Å². The molecule has 3 nitrogen and oxygen atoms in total. The van der Waals surface area contributed by atoms with Gasteiger partial charge in [-0.05, 0) is 35.4 Å². The third kappa shape index (κ3) is 1.96. The van der Waals surface area contributed by atoms with Gasteiger partial charge in [0.25, 0.3) is 0 Å². The summed E-state index contributed by atoms with van der Waals surface area (Å²) >= 11 is 0. The molecule has 88 valence electrons. The van der Waals surface area contributed by atoms with E-state index >= 15 is 0 Å². The maximum absolute atomic E-state index is 11.4. The van der Waals surface area contributed by atoms with Crippen LogP contribution in [-0.2, 0) is 11.2 Å². The van der Waals surface area contributed by atoms with Gasteiger partial charge in [0, 0.05) is 5.56 Å². The Morgan fingerprint density at radius 3 is 2.71 bits per heavy atom. The minimum Gasteiger partial charge on any atom is -0.508 e. The van der Waals surface area contributed by atoms with Gasteiger partial charge in [0.1, 0.15) is 5.75 Å². The minimum absolute atomic E-state index is 0.297. The molecule has 0 aliphatic carbocycles. The summed E-state index contributed by atoms with van der Waals surface area (Å²) in [7, 11) is 1.36. The van der Waals surface area contributed by atoms with E-state index in [0.29, 0.717) is 11.3 Å². The van der Waals surface area contributed by atoms with Crippen molar-refractivity contribution in [3.63, 3.8) is 0 Å². The highest BCUT2D eigenvalue weighted by atomic mass is 16.5. The molecule has 0 atom stereocenters. The Morgan fingerprint density at radius 1 is 1.29 bits per heavy atom.